The van der Waals surface area contributed by atoms with Gasteiger partial charge in [-0.2, -0.15) is 5.26 Å². The smallest absolute Gasteiger partial charge is 0.239 e. The van der Waals surface area contributed by atoms with Crippen molar-refractivity contribution in [3.05, 3.63) is 51.9 Å². The summed E-state index contributed by atoms with van der Waals surface area (Å²) in [5.41, 5.74) is 3.30. The van der Waals surface area contributed by atoms with Crippen LogP contribution in [0, 0.1) is 17.2 Å². The van der Waals surface area contributed by atoms with Crippen LogP contribution in [0.1, 0.15) is 53.7 Å². The molecule has 152 valence electrons. The monoisotopic (exact) mass is 407 g/mol. The first-order valence-electron chi connectivity index (χ1n) is 10.8. The molecule has 0 unspecified atom stereocenters. The number of aryl methyl sites for hydroxylation is 1. The molecule has 0 saturated carbocycles. The van der Waals surface area contributed by atoms with Gasteiger partial charge >= 0.3 is 0 Å². The van der Waals surface area contributed by atoms with Gasteiger partial charge in [0.2, 0.25) is 5.91 Å². The highest BCUT2D eigenvalue weighted by molar-refractivity contribution is 7.16. The molecule has 1 aromatic carbocycles. The molecule has 1 N–H and O–H groups in total. The maximum atomic E-state index is 12.6. The highest BCUT2D eigenvalue weighted by atomic mass is 32.1. The van der Waals surface area contributed by atoms with Crippen LogP contribution in [0.5, 0.6) is 0 Å². The lowest BCUT2D eigenvalue weighted by Crippen LogP contribution is -2.39. The molecule has 0 atom stereocenters. The third-order valence-corrected chi connectivity index (χ3v) is 7.43. The van der Waals surface area contributed by atoms with Crippen molar-refractivity contribution in [1.29, 1.82) is 5.26 Å². The van der Waals surface area contributed by atoms with Crippen LogP contribution in [-0.4, -0.2) is 30.4 Å². The van der Waals surface area contributed by atoms with E-state index in [1.807, 2.05) is 0 Å². The van der Waals surface area contributed by atoms with E-state index in [2.05, 4.69) is 46.6 Å². The Bertz CT molecular complexity index is 876. The number of benzene rings is 1. The summed E-state index contributed by atoms with van der Waals surface area (Å²) in [7, 11) is 0. The van der Waals surface area contributed by atoms with Gasteiger partial charge in [-0.3, -0.25) is 9.69 Å². The second-order valence-corrected chi connectivity index (χ2v) is 9.44. The highest BCUT2D eigenvalue weighted by Gasteiger charge is 2.24. The minimum Gasteiger partial charge on any atom is -0.315 e. The molecule has 29 heavy (non-hydrogen) atoms. The van der Waals surface area contributed by atoms with E-state index < -0.39 is 0 Å². The van der Waals surface area contributed by atoms with Crippen LogP contribution in [0.4, 0.5) is 5.00 Å². The van der Waals surface area contributed by atoms with Gasteiger partial charge in [0.05, 0.1) is 12.1 Å². The van der Waals surface area contributed by atoms with Crippen LogP contribution in [0.2, 0.25) is 0 Å². The fourth-order valence-corrected chi connectivity index (χ4v) is 5.87. The molecule has 2 aliphatic rings. The van der Waals surface area contributed by atoms with Crippen molar-refractivity contribution < 1.29 is 4.79 Å². The molecule has 5 heteroatoms. The zero-order valence-electron chi connectivity index (χ0n) is 17.0. The Morgan fingerprint density at radius 1 is 1.14 bits per heavy atom. The predicted octanol–water partition coefficient (Wildman–Crippen LogP) is 4.78. The Morgan fingerprint density at radius 3 is 2.66 bits per heavy atom. The number of piperidine rings is 1. The number of nitrogens with zero attached hydrogens (tertiary/aromatic N) is 2. The van der Waals surface area contributed by atoms with Crippen molar-refractivity contribution >= 4 is 22.2 Å². The Kier molecular flexibility index (Phi) is 6.63. The second kappa shape index (κ2) is 9.56. The normalized spacial score (nSPS) is 17.9. The Labute approximate surface area is 177 Å². The van der Waals surface area contributed by atoms with Gasteiger partial charge in [-0.15, -0.1) is 11.3 Å². The standard InChI is InChI=1S/C24H29N3OS/c25-16-21-20-9-5-2-6-10-22(20)29-24(21)26-23(28)17-27-13-11-19(12-14-27)15-18-7-3-1-4-8-18/h1,3-4,7-8,19H,2,5-6,9-15,17H2,(H,26,28). The maximum Gasteiger partial charge on any atom is 0.239 e. The first kappa shape index (κ1) is 20.1. The quantitative estimate of drug-likeness (QED) is 0.726. The highest BCUT2D eigenvalue weighted by Crippen LogP contribution is 2.37. The van der Waals surface area contributed by atoms with Gasteiger partial charge in [0.15, 0.2) is 0 Å². The molecule has 1 amide bonds. The molecular weight excluding hydrogens is 378 g/mol. The van der Waals surface area contributed by atoms with E-state index in [0.717, 1.165) is 56.6 Å². The number of hydrogen-bond acceptors (Lipinski definition) is 4. The van der Waals surface area contributed by atoms with E-state index in [-0.39, 0.29) is 5.91 Å². The number of fused-ring (bicyclic) bond motifs is 1. The van der Waals surface area contributed by atoms with Crippen LogP contribution in [0.25, 0.3) is 0 Å². The molecule has 2 aromatic rings. The predicted molar refractivity (Wildman–Crippen MR) is 118 cm³/mol. The second-order valence-electron chi connectivity index (χ2n) is 8.34. The number of nitrogens with one attached hydrogen (secondary N) is 1. The van der Waals surface area contributed by atoms with Gasteiger partial charge < -0.3 is 5.32 Å². The number of carbonyl (C=O) groups is 1. The molecule has 1 saturated heterocycles. The maximum absolute atomic E-state index is 12.6. The lowest BCUT2D eigenvalue weighted by Gasteiger charge is -2.31. The first-order chi connectivity index (χ1) is 14.2. The summed E-state index contributed by atoms with van der Waals surface area (Å²) in [5.74, 6) is 0.717. The topological polar surface area (TPSA) is 56.1 Å². The minimum absolute atomic E-state index is 0.0134. The van der Waals surface area contributed by atoms with Gasteiger partial charge in [-0.1, -0.05) is 36.8 Å². The van der Waals surface area contributed by atoms with Gasteiger partial charge in [0.1, 0.15) is 11.1 Å². The molecule has 1 aliphatic carbocycles. The number of hydrogen-bond donors (Lipinski definition) is 1. The lowest BCUT2D eigenvalue weighted by atomic mass is 9.90. The number of amides is 1. The van der Waals surface area contributed by atoms with Crippen LogP contribution in [0.15, 0.2) is 30.3 Å². The van der Waals surface area contributed by atoms with Crippen LogP contribution in [0.3, 0.4) is 0 Å². The van der Waals surface area contributed by atoms with Gasteiger partial charge in [-0.05, 0) is 75.1 Å². The third kappa shape index (κ3) is 5.07. The zero-order valence-corrected chi connectivity index (χ0v) is 17.8. The van der Waals surface area contributed by atoms with Crippen molar-refractivity contribution in [3.8, 4) is 6.07 Å². The van der Waals surface area contributed by atoms with E-state index in [0.29, 0.717) is 18.0 Å². The van der Waals surface area contributed by atoms with E-state index in [1.54, 1.807) is 11.3 Å². The van der Waals surface area contributed by atoms with Crippen molar-refractivity contribution in [3.63, 3.8) is 0 Å². The lowest BCUT2D eigenvalue weighted by molar-refractivity contribution is -0.117. The molecule has 2 heterocycles. The van der Waals surface area contributed by atoms with Crippen molar-refractivity contribution in [2.24, 2.45) is 5.92 Å². The fraction of sp³-hybridized carbons (Fsp3) is 0.500. The number of rotatable bonds is 5. The summed E-state index contributed by atoms with van der Waals surface area (Å²) in [6, 6.07) is 13.0. The summed E-state index contributed by atoms with van der Waals surface area (Å²) < 4.78 is 0. The molecule has 4 nitrogen and oxygen atoms in total. The van der Waals surface area contributed by atoms with Crippen molar-refractivity contribution in [2.45, 2.75) is 51.4 Å². The Hall–Kier alpha value is -2.16. The number of anilines is 1. The van der Waals surface area contributed by atoms with Gasteiger partial charge in [-0.25, -0.2) is 0 Å². The molecule has 0 spiro atoms. The molecule has 1 fully saturated rings. The van der Waals surface area contributed by atoms with Crippen LogP contribution >= 0.6 is 11.3 Å². The van der Waals surface area contributed by atoms with Crippen LogP contribution in [-0.2, 0) is 24.1 Å². The molecule has 1 aliphatic heterocycles. The van der Waals surface area contributed by atoms with E-state index in [1.165, 1.54) is 28.8 Å². The summed E-state index contributed by atoms with van der Waals surface area (Å²) in [5, 5.41) is 13.5. The minimum atomic E-state index is 0.0134. The molecule has 1 aromatic heterocycles. The summed E-state index contributed by atoms with van der Waals surface area (Å²) in [6.07, 6.45) is 8.98. The van der Waals surface area contributed by atoms with E-state index >= 15 is 0 Å². The number of carbonyl (C=O) groups excluding carboxylic acids is 1. The average Bonchev–Trinajstić information content (AvgIpc) is 2.89. The number of thiophene rings is 1. The molecule has 0 radical (unpaired) electrons. The van der Waals surface area contributed by atoms with Crippen molar-refractivity contribution in [2.75, 3.05) is 25.0 Å². The van der Waals surface area contributed by atoms with Crippen molar-refractivity contribution in [1.82, 2.24) is 4.90 Å². The summed E-state index contributed by atoms with van der Waals surface area (Å²) >= 11 is 1.62. The molecule has 0 bridgehead atoms. The van der Waals surface area contributed by atoms with Gasteiger partial charge in [0, 0.05) is 4.88 Å². The SMILES string of the molecule is N#Cc1c(NC(=O)CN2CCC(Cc3ccccc3)CC2)sc2c1CCCCC2. The Balaban J connectivity index is 1.29. The summed E-state index contributed by atoms with van der Waals surface area (Å²) in [4.78, 5) is 16.2. The van der Waals surface area contributed by atoms with E-state index in [9.17, 15) is 10.1 Å². The molecule has 4 rings (SSSR count). The first-order valence-corrected chi connectivity index (χ1v) is 11.7. The zero-order chi connectivity index (χ0) is 20.1. The number of nitriles is 1. The number of likely N-dealkylation sites (tertiary alicyclic amines) is 1. The summed E-state index contributed by atoms with van der Waals surface area (Å²) in [6.45, 7) is 2.36. The molecular formula is C24H29N3OS. The fourth-order valence-electron chi connectivity index (χ4n) is 4.61. The Morgan fingerprint density at radius 2 is 1.90 bits per heavy atom. The van der Waals surface area contributed by atoms with Gasteiger partial charge in [0.25, 0.3) is 0 Å². The van der Waals surface area contributed by atoms with Crippen LogP contribution < -0.4 is 5.32 Å². The van der Waals surface area contributed by atoms with E-state index in [4.69, 9.17) is 0 Å². The third-order valence-electron chi connectivity index (χ3n) is 6.23. The average molecular weight is 408 g/mol. The largest absolute Gasteiger partial charge is 0.315 e.